The highest BCUT2D eigenvalue weighted by molar-refractivity contribution is 6.45. The van der Waals surface area contributed by atoms with Crippen molar-refractivity contribution in [3.8, 4) is 0 Å². The second-order valence-electron chi connectivity index (χ2n) is 1.82. The lowest BCUT2D eigenvalue weighted by Gasteiger charge is -2.13. The normalized spacial score (nSPS) is 10.8. The van der Waals surface area contributed by atoms with Gasteiger partial charge in [-0.05, 0) is 20.0 Å². The maximum atomic E-state index is 5.40. The molecule has 3 nitrogen and oxygen atoms in total. The van der Waals surface area contributed by atoms with E-state index in [1.807, 2.05) is 6.92 Å². The van der Waals surface area contributed by atoms with Crippen LogP contribution in [0.2, 0.25) is 0 Å². The van der Waals surface area contributed by atoms with E-state index in [4.69, 9.17) is 4.43 Å². The second kappa shape index (κ2) is 7.21. The Bertz CT molecular complexity index is 58.5. The maximum absolute atomic E-state index is 5.40. The van der Waals surface area contributed by atoms with Crippen molar-refractivity contribution in [1.82, 2.24) is 9.96 Å². The molecule has 0 fully saturated rings. The van der Waals surface area contributed by atoms with Crippen LogP contribution in [0.1, 0.15) is 20.8 Å². The van der Waals surface area contributed by atoms with E-state index in [0.29, 0.717) is 0 Å². The lowest BCUT2D eigenvalue weighted by atomic mass is 10.8. The zero-order chi connectivity index (χ0) is 7.82. The predicted molar refractivity (Wildman–Crippen MR) is 44.7 cm³/mol. The van der Waals surface area contributed by atoms with Gasteiger partial charge >= 0.3 is 9.36 Å². The van der Waals surface area contributed by atoms with Crippen molar-refractivity contribution in [1.29, 1.82) is 0 Å². The van der Waals surface area contributed by atoms with Crippen molar-refractivity contribution in [3.05, 3.63) is 0 Å². The Balaban J connectivity index is 3.30. The Morgan fingerprint density at radius 3 is 1.90 bits per heavy atom. The molecule has 10 heavy (non-hydrogen) atoms. The van der Waals surface area contributed by atoms with Crippen molar-refractivity contribution in [2.24, 2.45) is 0 Å². The molecule has 4 heteroatoms. The minimum absolute atomic E-state index is 0.786. The Hall–Kier alpha value is 0.0969. The second-order valence-corrected chi connectivity index (χ2v) is 3.48. The smallest absolute Gasteiger partial charge is 0.391 e. The van der Waals surface area contributed by atoms with E-state index < -0.39 is 9.36 Å². The van der Waals surface area contributed by atoms with Gasteiger partial charge < -0.3 is 14.4 Å². The summed E-state index contributed by atoms with van der Waals surface area (Å²) in [5, 5.41) is 0. The molecule has 0 aliphatic carbocycles. The highest BCUT2D eigenvalue weighted by Crippen LogP contribution is 1.75. The van der Waals surface area contributed by atoms with E-state index in [1.165, 1.54) is 0 Å². The van der Waals surface area contributed by atoms with Crippen molar-refractivity contribution >= 4 is 9.36 Å². The summed E-state index contributed by atoms with van der Waals surface area (Å²) in [6, 6.07) is 0. The molecule has 0 aromatic heterocycles. The van der Waals surface area contributed by atoms with Gasteiger partial charge in [-0.25, -0.2) is 0 Å². The number of nitrogens with one attached hydrogen (secondary N) is 2. The summed E-state index contributed by atoms with van der Waals surface area (Å²) >= 11 is 0. The first kappa shape index (κ1) is 10.1. The van der Waals surface area contributed by atoms with Crippen molar-refractivity contribution in [2.45, 2.75) is 20.8 Å². The summed E-state index contributed by atoms with van der Waals surface area (Å²) in [4.78, 5) is 6.51. The molecule has 0 heterocycles. The lowest BCUT2D eigenvalue weighted by molar-refractivity contribution is 0.324. The Kier molecular flexibility index (Phi) is 7.28. The van der Waals surface area contributed by atoms with Crippen LogP contribution in [0, 0.1) is 0 Å². The first-order valence-corrected chi connectivity index (χ1v) is 5.23. The molecule has 0 aromatic carbocycles. The molecule has 0 saturated heterocycles. The molecule has 0 unspecified atom stereocenters. The fourth-order valence-electron chi connectivity index (χ4n) is 0.630. The third-order valence-corrected chi connectivity index (χ3v) is 2.89. The fraction of sp³-hybridized carbons (Fsp3) is 1.00. The maximum Gasteiger partial charge on any atom is 0.402 e. The SMILES string of the molecule is CCN[Si](NCC)OCC. The van der Waals surface area contributed by atoms with Crippen LogP contribution in [0.4, 0.5) is 0 Å². The van der Waals surface area contributed by atoms with Crippen LogP contribution in [-0.2, 0) is 4.43 Å². The van der Waals surface area contributed by atoms with Crippen LogP contribution >= 0.6 is 0 Å². The van der Waals surface area contributed by atoms with Crippen LogP contribution in [-0.4, -0.2) is 29.1 Å². The molecule has 0 bridgehead atoms. The molecular weight excluding hydrogens is 144 g/mol. The molecule has 0 atom stereocenters. The molecule has 0 aromatic rings. The Morgan fingerprint density at radius 1 is 1.10 bits per heavy atom. The summed E-state index contributed by atoms with van der Waals surface area (Å²) < 4.78 is 5.40. The van der Waals surface area contributed by atoms with E-state index in [1.54, 1.807) is 0 Å². The van der Waals surface area contributed by atoms with Crippen LogP contribution < -0.4 is 9.96 Å². The van der Waals surface area contributed by atoms with Crippen molar-refractivity contribution < 1.29 is 4.43 Å². The number of hydrogen-bond donors (Lipinski definition) is 2. The first-order valence-electron chi connectivity index (χ1n) is 3.82. The van der Waals surface area contributed by atoms with Crippen LogP contribution in [0.5, 0.6) is 0 Å². The average Bonchev–Trinajstić information content (AvgIpc) is 1.90. The van der Waals surface area contributed by atoms with E-state index in [9.17, 15) is 0 Å². The third-order valence-electron chi connectivity index (χ3n) is 0.963. The molecule has 1 radical (unpaired) electrons. The fourth-order valence-corrected chi connectivity index (χ4v) is 1.89. The zero-order valence-corrected chi connectivity index (χ0v) is 8.03. The van der Waals surface area contributed by atoms with Crippen LogP contribution in [0.25, 0.3) is 0 Å². The molecule has 0 saturated carbocycles. The summed E-state index contributed by atoms with van der Waals surface area (Å²) in [6.45, 7) is 8.91. The number of hydrogen-bond acceptors (Lipinski definition) is 3. The molecule has 2 N–H and O–H groups in total. The summed E-state index contributed by atoms with van der Waals surface area (Å²) in [5.41, 5.74) is 0. The summed E-state index contributed by atoms with van der Waals surface area (Å²) in [5.74, 6) is 0. The third kappa shape index (κ3) is 4.93. The zero-order valence-electron chi connectivity index (χ0n) is 7.03. The van der Waals surface area contributed by atoms with E-state index in [0.717, 1.165) is 19.7 Å². The first-order chi connectivity index (χ1) is 4.85. The average molecular weight is 161 g/mol. The topological polar surface area (TPSA) is 33.3 Å². The molecular formula is C6H17N2OSi. The van der Waals surface area contributed by atoms with Gasteiger partial charge in [0.05, 0.1) is 0 Å². The van der Waals surface area contributed by atoms with E-state index in [-0.39, 0.29) is 0 Å². The van der Waals surface area contributed by atoms with Gasteiger partial charge in [-0.15, -0.1) is 0 Å². The predicted octanol–water partition coefficient (Wildman–Crippen LogP) is 0.227. The van der Waals surface area contributed by atoms with Gasteiger partial charge in [-0.3, -0.25) is 0 Å². The quantitative estimate of drug-likeness (QED) is 0.547. The van der Waals surface area contributed by atoms with E-state index >= 15 is 0 Å². The standard InChI is InChI=1S/C6H17N2OSi/c1-4-7-10(8-5-2)9-6-3/h7-8H,4-6H2,1-3H3. The molecule has 0 aliphatic rings. The minimum Gasteiger partial charge on any atom is -0.391 e. The van der Waals surface area contributed by atoms with E-state index in [2.05, 4.69) is 23.8 Å². The van der Waals surface area contributed by atoms with Gasteiger partial charge in [0.1, 0.15) is 0 Å². The highest BCUT2D eigenvalue weighted by atomic mass is 28.3. The van der Waals surface area contributed by atoms with Crippen molar-refractivity contribution in [2.75, 3.05) is 19.7 Å². The molecule has 0 spiro atoms. The molecule has 0 amide bonds. The van der Waals surface area contributed by atoms with Gasteiger partial charge in [0.2, 0.25) is 0 Å². The highest BCUT2D eigenvalue weighted by Gasteiger charge is 2.08. The van der Waals surface area contributed by atoms with Crippen molar-refractivity contribution in [3.63, 3.8) is 0 Å². The molecule has 0 aliphatic heterocycles. The lowest BCUT2D eigenvalue weighted by Crippen LogP contribution is -2.49. The number of rotatable bonds is 6. The van der Waals surface area contributed by atoms with Crippen LogP contribution in [0.15, 0.2) is 0 Å². The van der Waals surface area contributed by atoms with Crippen LogP contribution in [0.3, 0.4) is 0 Å². The molecule has 61 valence electrons. The summed E-state index contributed by atoms with van der Waals surface area (Å²) in [7, 11) is -0.897. The minimum atomic E-state index is -0.897. The summed E-state index contributed by atoms with van der Waals surface area (Å²) in [6.07, 6.45) is 0. The Morgan fingerprint density at radius 2 is 1.60 bits per heavy atom. The van der Waals surface area contributed by atoms with Gasteiger partial charge in [-0.1, -0.05) is 13.8 Å². The van der Waals surface area contributed by atoms with Gasteiger partial charge in [0.15, 0.2) is 0 Å². The van der Waals surface area contributed by atoms with Gasteiger partial charge in [-0.2, -0.15) is 0 Å². The van der Waals surface area contributed by atoms with Gasteiger partial charge in [0, 0.05) is 6.61 Å². The molecule has 0 rings (SSSR count). The monoisotopic (exact) mass is 161 g/mol. The van der Waals surface area contributed by atoms with Gasteiger partial charge in [0.25, 0.3) is 0 Å². The Labute approximate surface area is 65.0 Å². The largest absolute Gasteiger partial charge is 0.402 e.